The molecule has 0 spiro atoms. The van der Waals surface area contributed by atoms with E-state index in [1.807, 2.05) is 0 Å². The summed E-state index contributed by atoms with van der Waals surface area (Å²) in [5.41, 5.74) is -2.36. The molecule has 0 fully saturated rings. The minimum absolute atomic E-state index is 0.311. The highest BCUT2D eigenvalue weighted by atomic mass is 19.4. The maximum absolute atomic E-state index is 13.7. The Balaban J connectivity index is 3.46. The molecule has 1 aromatic carbocycles. The van der Waals surface area contributed by atoms with E-state index in [1.165, 1.54) is 0 Å². The smallest absolute Gasteiger partial charge is 0.396 e. The molecule has 1 rings (SSSR count). The second-order valence-corrected chi connectivity index (χ2v) is 4.35. The molecule has 0 saturated carbocycles. The van der Waals surface area contributed by atoms with Crippen LogP contribution in [-0.4, -0.2) is 29.7 Å². The second-order valence-electron chi connectivity index (χ2n) is 4.35. The highest BCUT2D eigenvalue weighted by Crippen LogP contribution is 2.56. The number of hydrogen-bond donors (Lipinski definition) is 1. The maximum Gasteiger partial charge on any atom is 0.460 e. The van der Waals surface area contributed by atoms with E-state index in [4.69, 9.17) is 5.11 Å². The van der Waals surface area contributed by atoms with E-state index in [0.717, 1.165) is 18.2 Å². The van der Waals surface area contributed by atoms with Gasteiger partial charge in [-0.05, 0) is 12.0 Å². The van der Waals surface area contributed by atoms with Gasteiger partial charge >= 0.3 is 23.9 Å². The number of benzene rings is 1. The minimum Gasteiger partial charge on any atom is -0.396 e. The fourth-order valence-corrected chi connectivity index (χ4v) is 1.71. The summed E-state index contributed by atoms with van der Waals surface area (Å²) >= 11 is 0. The molecule has 0 aromatic heterocycles. The predicted molar refractivity (Wildman–Crippen MR) is 57.1 cm³/mol. The first kappa shape index (κ1) is 18.6. The first-order valence-corrected chi connectivity index (χ1v) is 5.70. The third-order valence-electron chi connectivity index (χ3n) is 2.88. The van der Waals surface area contributed by atoms with Gasteiger partial charge in [-0.15, -0.1) is 0 Å². The van der Waals surface area contributed by atoms with E-state index < -0.39 is 48.1 Å². The van der Waals surface area contributed by atoms with Crippen LogP contribution >= 0.6 is 0 Å². The molecule has 0 radical (unpaired) electrons. The highest BCUT2D eigenvalue weighted by molar-refractivity contribution is 5.33. The van der Waals surface area contributed by atoms with Crippen LogP contribution in [0.15, 0.2) is 24.3 Å². The quantitative estimate of drug-likeness (QED) is 0.799. The molecule has 1 nitrogen and oxygen atoms in total. The number of halogens is 9. The molecule has 0 saturated heterocycles. The van der Waals surface area contributed by atoms with Crippen LogP contribution in [0.5, 0.6) is 0 Å². The maximum atomic E-state index is 13.7. The van der Waals surface area contributed by atoms with Crippen LogP contribution in [-0.2, 0) is 12.3 Å². The Morgan fingerprint density at radius 3 is 1.73 bits per heavy atom. The largest absolute Gasteiger partial charge is 0.460 e. The normalized spacial score (nSPS) is 14.3. The van der Waals surface area contributed by atoms with Crippen LogP contribution in [0, 0.1) is 0 Å². The van der Waals surface area contributed by atoms with Crippen molar-refractivity contribution in [2.24, 2.45) is 0 Å². The van der Waals surface area contributed by atoms with E-state index in [1.54, 1.807) is 0 Å². The molecule has 126 valence electrons. The average molecular weight is 340 g/mol. The minimum atomic E-state index is -6.93. The van der Waals surface area contributed by atoms with Crippen molar-refractivity contribution in [1.82, 2.24) is 0 Å². The fourth-order valence-electron chi connectivity index (χ4n) is 1.71. The van der Waals surface area contributed by atoms with Gasteiger partial charge in [0.2, 0.25) is 0 Å². The zero-order valence-electron chi connectivity index (χ0n) is 10.6. The van der Waals surface area contributed by atoms with E-state index in [-0.39, 0.29) is 0 Å². The van der Waals surface area contributed by atoms with Crippen molar-refractivity contribution in [3.05, 3.63) is 35.4 Å². The average Bonchev–Trinajstić information content (AvgIpc) is 2.37. The highest BCUT2D eigenvalue weighted by Gasteiger charge is 2.82. The Morgan fingerprint density at radius 1 is 0.773 bits per heavy atom. The van der Waals surface area contributed by atoms with Gasteiger partial charge in [0, 0.05) is 12.2 Å². The van der Waals surface area contributed by atoms with E-state index in [2.05, 4.69) is 0 Å². The summed E-state index contributed by atoms with van der Waals surface area (Å²) in [6, 6.07) is 3.00. The van der Waals surface area contributed by atoms with Gasteiger partial charge in [-0.2, -0.15) is 39.5 Å². The summed E-state index contributed by atoms with van der Waals surface area (Å²) in [6.45, 7) is -0.783. The summed E-state index contributed by atoms with van der Waals surface area (Å²) in [5, 5.41) is 8.64. The van der Waals surface area contributed by atoms with E-state index in [0.29, 0.717) is 6.07 Å². The molecule has 0 aliphatic rings. The van der Waals surface area contributed by atoms with Gasteiger partial charge in [0.05, 0.1) is 0 Å². The number of alkyl halides is 9. The van der Waals surface area contributed by atoms with Gasteiger partial charge in [0.1, 0.15) is 0 Å². The third-order valence-corrected chi connectivity index (χ3v) is 2.88. The second kappa shape index (κ2) is 5.64. The SMILES string of the molecule is OCCc1ccccc1C(F)(F)C(F)(F)C(F)(F)C(F)(F)F. The molecule has 0 aliphatic carbocycles. The molecule has 22 heavy (non-hydrogen) atoms. The van der Waals surface area contributed by atoms with Gasteiger partial charge in [0.25, 0.3) is 0 Å². The Hall–Kier alpha value is -1.45. The van der Waals surface area contributed by atoms with Crippen molar-refractivity contribution in [1.29, 1.82) is 0 Å². The molecule has 0 atom stereocenters. The molecule has 10 heteroatoms. The molecular weight excluding hydrogens is 331 g/mol. The molecule has 0 amide bonds. The van der Waals surface area contributed by atoms with Gasteiger partial charge in [-0.1, -0.05) is 24.3 Å². The molecule has 0 unspecified atom stereocenters. The first-order valence-electron chi connectivity index (χ1n) is 5.70. The van der Waals surface area contributed by atoms with Crippen LogP contribution in [0.4, 0.5) is 39.5 Å². The van der Waals surface area contributed by atoms with E-state index in [9.17, 15) is 39.5 Å². The van der Waals surface area contributed by atoms with Gasteiger partial charge in [0.15, 0.2) is 0 Å². The molecule has 0 heterocycles. The number of aliphatic hydroxyl groups excluding tert-OH is 1. The summed E-state index contributed by atoms with van der Waals surface area (Å²) < 4.78 is 116. The lowest BCUT2D eigenvalue weighted by Gasteiger charge is -2.34. The lowest BCUT2D eigenvalue weighted by atomic mass is 9.92. The molecule has 1 N–H and O–H groups in total. The summed E-state index contributed by atoms with van der Waals surface area (Å²) in [4.78, 5) is 0. The standard InChI is InChI=1S/C12H9F9O/c13-9(14,8-4-2-1-3-7(8)5-6-22)10(15,16)11(17,18)12(19,20)21/h1-4,22H,5-6H2. The Labute approximate surface area is 118 Å². The molecule has 0 aliphatic heterocycles. The summed E-state index contributed by atoms with van der Waals surface area (Å²) in [6.07, 6.45) is -7.47. The monoisotopic (exact) mass is 340 g/mol. The Bertz CT molecular complexity index is 522. The van der Waals surface area contributed by atoms with Crippen molar-refractivity contribution in [2.75, 3.05) is 6.61 Å². The first-order chi connectivity index (χ1) is 9.80. The Kier molecular flexibility index (Phi) is 4.76. The van der Waals surface area contributed by atoms with Crippen LogP contribution in [0.3, 0.4) is 0 Å². The number of rotatable bonds is 5. The van der Waals surface area contributed by atoms with E-state index >= 15 is 0 Å². The summed E-state index contributed by atoms with van der Waals surface area (Å²) in [7, 11) is 0. The van der Waals surface area contributed by atoms with Crippen molar-refractivity contribution < 1.29 is 44.6 Å². The lowest BCUT2D eigenvalue weighted by Crippen LogP contribution is -2.59. The molecule has 0 bridgehead atoms. The Morgan fingerprint density at radius 2 is 1.27 bits per heavy atom. The molecule has 1 aromatic rings. The van der Waals surface area contributed by atoms with Crippen molar-refractivity contribution in [2.45, 2.75) is 30.4 Å². The zero-order chi connectivity index (χ0) is 17.4. The van der Waals surface area contributed by atoms with Gasteiger partial charge in [-0.25, -0.2) is 0 Å². The number of hydrogen-bond acceptors (Lipinski definition) is 1. The number of aliphatic hydroxyl groups is 1. The lowest BCUT2D eigenvalue weighted by molar-refractivity contribution is -0.399. The van der Waals surface area contributed by atoms with Crippen molar-refractivity contribution in [3.8, 4) is 0 Å². The van der Waals surface area contributed by atoms with Gasteiger partial charge < -0.3 is 5.11 Å². The van der Waals surface area contributed by atoms with Crippen LogP contribution < -0.4 is 0 Å². The molecular formula is C12H9F9O. The van der Waals surface area contributed by atoms with Crippen LogP contribution in [0.1, 0.15) is 11.1 Å². The van der Waals surface area contributed by atoms with Gasteiger partial charge in [-0.3, -0.25) is 0 Å². The van der Waals surface area contributed by atoms with Crippen molar-refractivity contribution in [3.63, 3.8) is 0 Å². The topological polar surface area (TPSA) is 20.2 Å². The fraction of sp³-hybridized carbons (Fsp3) is 0.500. The third kappa shape index (κ3) is 2.75. The van der Waals surface area contributed by atoms with Crippen molar-refractivity contribution >= 4 is 0 Å². The van der Waals surface area contributed by atoms with Crippen LogP contribution in [0.25, 0.3) is 0 Å². The predicted octanol–water partition coefficient (Wildman–Crippen LogP) is 4.15. The van der Waals surface area contributed by atoms with Crippen LogP contribution in [0.2, 0.25) is 0 Å². The zero-order valence-corrected chi connectivity index (χ0v) is 10.6. The summed E-state index contributed by atoms with van der Waals surface area (Å²) in [5.74, 6) is -19.4.